The van der Waals surface area contributed by atoms with E-state index in [0.29, 0.717) is 0 Å². The molecule has 5 nitrogen and oxygen atoms in total. The lowest BCUT2D eigenvalue weighted by Crippen LogP contribution is -2.53. The Balaban J connectivity index is 1.28. The highest BCUT2D eigenvalue weighted by Crippen LogP contribution is 2.32. The smallest absolute Gasteiger partial charge is 0.240 e. The Hall–Kier alpha value is -1.11. The molecule has 0 aromatic carbocycles. The van der Waals surface area contributed by atoms with E-state index in [1.807, 2.05) is 24.0 Å². The lowest BCUT2D eigenvalue weighted by atomic mass is 10.1. The summed E-state index contributed by atoms with van der Waals surface area (Å²) < 4.78 is 0. The van der Waals surface area contributed by atoms with Crippen molar-refractivity contribution in [3.05, 3.63) is 30.1 Å². The molecule has 2 fully saturated rings. The Morgan fingerprint density at radius 1 is 1.10 bits per heavy atom. The molecule has 6 heteroatoms. The maximum Gasteiger partial charge on any atom is 0.240 e. The van der Waals surface area contributed by atoms with Crippen LogP contribution in [0.1, 0.15) is 69.2 Å². The largest absolute Gasteiger partial charge is 0.339 e. The van der Waals surface area contributed by atoms with Crippen molar-refractivity contribution >= 4 is 17.7 Å². The second-order valence-corrected chi connectivity index (χ2v) is 9.50. The Bertz CT molecular complexity index is 592. The zero-order chi connectivity index (χ0) is 20.3. The number of hydrogen-bond acceptors (Lipinski definition) is 5. The number of carbonyl (C=O) groups is 1. The molecule has 3 heterocycles. The van der Waals surface area contributed by atoms with Gasteiger partial charge in [0.05, 0.1) is 11.4 Å². The van der Waals surface area contributed by atoms with Crippen molar-refractivity contribution in [3.8, 4) is 0 Å². The summed E-state index contributed by atoms with van der Waals surface area (Å²) in [7, 11) is 0. The summed E-state index contributed by atoms with van der Waals surface area (Å²) in [6.07, 6.45) is 14.6. The first-order valence-corrected chi connectivity index (χ1v) is 12.6. The maximum absolute atomic E-state index is 12.9. The summed E-state index contributed by atoms with van der Waals surface area (Å²) in [4.78, 5) is 21.7. The third kappa shape index (κ3) is 7.26. The van der Waals surface area contributed by atoms with Crippen molar-refractivity contribution < 1.29 is 4.79 Å². The van der Waals surface area contributed by atoms with E-state index < -0.39 is 0 Å². The predicted molar refractivity (Wildman–Crippen MR) is 122 cm³/mol. The third-order valence-corrected chi connectivity index (χ3v) is 7.35. The van der Waals surface area contributed by atoms with Gasteiger partial charge in [-0.2, -0.15) is 0 Å². The number of aromatic nitrogens is 1. The molecule has 0 spiro atoms. The maximum atomic E-state index is 12.9. The van der Waals surface area contributed by atoms with Crippen LogP contribution in [-0.2, 0) is 4.79 Å². The normalized spacial score (nSPS) is 22.9. The van der Waals surface area contributed by atoms with Crippen LogP contribution < -0.4 is 5.32 Å². The molecule has 2 aliphatic heterocycles. The van der Waals surface area contributed by atoms with Gasteiger partial charge in [-0.25, -0.2) is 0 Å². The minimum absolute atomic E-state index is 0.0653. The molecular weight excluding hydrogens is 380 g/mol. The van der Waals surface area contributed by atoms with Crippen LogP contribution in [0.2, 0.25) is 0 Å². The van der Waals surface area contributed by atoms with E-state index in [2.05, 4.69) is 33.1 Å². The van der Waals surface area contributed by atoms with Crippen LogP contribution in [-0.4, -0.2) is 65.2 Å². The third-order valence-electron chi connectivity index (χ3n) is 6.08. The Morgan fingerprint density at radius 2 is 1.83 bits per heavy atom. The highest BCUT2D eigenvalue weighted by Gasteiger charge is 2.34. The fourth-order valence-electron chi connectivity index (χ4n) is 4.22. The van der Waals surface area contributed by atoms with Gasteiger partial charge in [-0.05, 0) is 24.6 Å². The van der Waals surface area contributed by atoms with Crippen LogP contribution in [0, 0.1) is 0 Å². The van der Waals surface area contributed by atoms with Gasteiger partial charge in [0.1, 0.15) is 0 Å². The molecule has 0 radical (unpaired) electrons. The van der Waals surface area contributed by atoms with E-state index >= 15 is 0 Å². The number of pyridine rings is 1. The minimum Gasteiger partial charge on any atom is -0.339 e. The molecule has 0 bridgehead atoms. The van der Waals surface area contributed by atoms with Gasteiger partial charge in [0.25, 0.3) is 0 Å². The lowest BCUT2D eigenvalue weighted by Gasteiger charge is -2.36. The van der Waals surface area contributed by atoms with Crippen molar-refractivity contribution in [2.75, 3.05) is 38.5 Å². The number of amides is 1. The standard InChI is InChI=1S/C23H38N4OS/c1-2-3-4-5-6-7-8-9-13-26-14-16-27(17-15-26)23(28)21-19-29-22(25-21)20-11-10-12-24-18-20/h10-12,18,21-22,25H,2-9,13-17,19H2,1H3/t21-,22?/m0/s1. The monoisotopic (exact) mass is 418 g/mol. The fourth-order valence-corrected chi connectivity index (χ4v) is 5.44. The van der Waals surface area contributed by atoms with E-state index in [0.717, 1.165) is 37.5 Å². The topological polar surface area (TPSA) is 48.5 Å². The van der Waals surface area contributed by atoms with Gasteiger partial charge in [0, 0.05) is 44.3 Å². The number of thioether (sulfide) groups is 1. The van der Waals surface area contributed by atoms with E-state index in [4.69, 9.17) is 0 Å². The van der Waals surface area contributed by atoms with E-state index in [9.17, 15) is 4.79 Å². The Kier molecular flexibility index (Phi) is 9.77. The van der Waals surface area contributed by atoms with E-state index in [1.165, 1.54) is 57.9 Å². The van der Waals surface area contributed by atoms with Crippen molar-refractivity contribution in [1.82, 2.24) is 20.1 Å². The zero-order valence-electron chi connectivity index (χ0n) is 18.0. The van der Waals surface area contributed by atoms with Gasteiger partial charge in [-0.15, -0.1) is 11.8 Å². The first kappa shape index (κ1) is 22.6. The van der Waals surface area contributed by atoms with Crippen molar-refractivity contribution in [3.63, 3.8) is 0 Å². The molecule has 1 aromatic rings. The quantitative estimate of drug-likeness (QED) is 0.549. The average molecular weight is 419 g/mol. The van der Waals surface area contributed by atoms with Crippen molar-refractivity contribution in [1.29, 1.82) is 0 Å². The summed E-state index contributed by atoms with van der Waals surface area (Å²) in [5, 5.41) is 3.68. The number of carbonyl (C=O) groups excluding carboxylic acids is 1. The molecule has 2 atom stereocenters. The van der Waals surface area contributed by atoms with Crippen LogP contribution in [0.3, 0.4) is 0 Å². The van der Waals surface area contributed by atoms with Gasteiger partial charge in [-0.1, -0.05) is 57.9 Å². The number of unbranched alkanes of at least 4 members (excludes halogenated alkanes) is 7. The number of piperazine rings is 1. The highest BCUT2D eigenvalue weighted by atomic mass is 32.2. The number of hydrogen-bond donors (Lipinski definition) is 1. The molecule has 1 amide bonds. The van der Waals surface area contributed by atoms with Crippen LogP contribution in [0.15, 0.2) is 24.5 Å². The summed E-state index contributed by atoms with van der Waals surface area (Å²) in [5.74, 6) is 1.12. The van der Waals surface area contributed by atoms with Crippen molar-refractivity contribution in [2.45, 2.75) is 69.7 Å². The summed E-state index contributed by atoms with van der Waals surface area (Å²) >= 11 is 1.81. The van der Waals surface area contributed by atoms with Gasteiger partial charge in [0.2, 0.25) is 5.91 Å². The fraction of sp³-hybridized carbons (Fsp3) is 0.739. The van der Waals surface area contributed by atoms with Gasteiger partial charge < -0.3 is 4.90 Å². The summed E-state index contributed by atoms with van der Waals surface area (Å²) in [6.45, 7) is 7.25. The van der Waals surface area contributed by atoms with Gasteiger partial charge in [-0.3, -0.25) is 20.0 Å². The molecule has 162 valence electrons. The van der Waals surface area contributed by atoms with Crippen LogP contribution in [0.25, 0.3) is 0 Å². The SMILES string of the molecule is CCCCCCCCCCN1CCN(C(=O)[C@@H]2CSC(c3cccnc3)N2)CC1. The molecule has 1 unspecified atom stereocenters. The number of rotatable bonds is 11. The zero-order valence-corrected chi connectivity index (χ0v) is 18.8. The van der Waals surface area contributed by atoms with Crippen LogP contribution in [0.5, 0.6) is 0 Å². The van der Waals surface area contributed by atoms with Crippen molar-refractivity contribution in [2.24, 2.45) is 0 Å². The first-order valence-electron chi connectivity index (χ1n) is 11.6. The predicted octanol–water partition coefficient (Wildman–Crippen LogP) is 4.07. The van der Waals surface area contributed by atoms with Crippen LogP contribution in [0.4, 0.5) is 0 Å². The molecule has 0 aliphatic carbocycles. The Labute approximate surface area is 181 Å². The second kappa shape index (κ2) is 12.6. The lowest BCUT2D eigenvalue weighted by molar-refractivity contribution is -0.134. The molecular formula is C23H38N4OS. The molecule has 2 aliphatic rings. The average Bonchev–Trinajstić information content (AvgIpc) is 3.26. The van der Waals surface area contributed by atoms with Gasteiger partial charge in [0.15, 0.2) is 0 Å². The first-order chi connectivity index (χ1) is 14.3. The summed E-state index contributed by atoms with van der Waals surface area (Å²) in [5.41, 5.74) is 1.16. The summed E-state index contributed by atoms with van der Waals surface area (Å²) in [6, 6.07) is 3.97. The molecule has 2 saturated heterocycles. The Morgan fingerprint density at radius 3 is 2.52 bits per heavy atom. The molecule has 0 saturated carbocycles. The number of nitrogens with zero attached hydrogens (tertiary/aromatic N) is 3. The minimum atomic E-state index is -0.0653. The molecule has 1 N–H and O–H groups in total. The second-order valence-electron chi connectivity index (χ2n) is 8.36. The van der Waals surface area contributed by atoms with Crippen LogP contribution >= 0.6 is 11.8 Å². The molecule has 1 aromatic heterocycles. The van der Waals surface area contributed by atoms with Gasteiger partial charge >= 0.3 is 0 Å². The van der Waals surface area contributed by atoms with E-state index in [-0.39, 0.29) is 17.3 Å². The van der Waals surface area contributed by atoms with E-state index in [1.54, 1.807) is 6.20 Å². The highest BCUT2D eigenvalue weighted by molar-refractivity contribution is 7.99. The molecule has 29 heavy (non-hydrogen) atoms. The molecule has 3 rings (SSSR count). The number of nitrogens with one attached hydrogen (secondary N) is 1.